The van der Waals surface area contributed by atoms with Crippen LogP contribution in [0.15, 0.2) is 34.9 Å². The first-order valence-electron chi connectivity index (χ1n) is 7.35. The molecule has 0 aliphatic carbocycles. The van der Waals surface area contributed by atoms with E-state index < -0.39 is 5.91 Å². The van der Waals surface area contributed by atoms with Crippen molar-refractivity contribution in [2.45, 2.75) is 13.5 Å². The number of aromatic nitrogens is 2. The fourth-order valence-electron chi connectivity index (χ4n) is 2.03. The SMILES string of the molecule is CCOCc1nc(N(C(=O)c2ccccc2OC)C(N)=S)ncc1Br. The van der Waals surface area contributed by atoms with Crippen molar-refractivity contribution in [3.8, 4) is 5.75 Å². The van der Waals surface area contributed by atoms with Crippen LogP contribution in [0, 0.1) is 0 Å². The molecule has 0 spiro atoms. The van der Waals surface area contributed by atoms with Crippen molar-refractivity contribution >= 4 is 45.1 Å². The third-order valence-corrected chi connectivity index (χ3v) is 4.05. The highest BCUT2D eigenvalue weighted by molar-refractivity contribution is 9.10. The van der Waals surface area contributed by atoms with E-state index in [2.05, 4.69) is 25.9 Å². The largest absolute Gasteiger partial charge is 0.496 e. The maximum absolute atomic E-state index is 12.9. The molecule has 0 fully saturated rings. The molecule has 2 aromatic rings. The van der Waals surface area contributed by atoms with Gasteiger partial charge in [0.2, 0.25) is 5.95 Å². The van der Waals surface area contributed by atoms with E-state index in [4.69, 9.17) is 27.4 Å². The Morgan fingerprint density at radius 3 is 2.76 bits per heavy atom. The van der Waals surface area contributed by atoms with E-state index in [0.717, 1.165) is 4.90 Å². The van der Waals surface area contributed by atoms with Gasteiger partial charge in [-0.15, -0.1) is 0 Å². The summed E-state index contributed by atoms with van der Waals surface area (Å²) >= 11 is 8.40. The van der Waals surface area contributed by atoms with Crippen LogP contribution >= 0.6 is 28.1 Å². The topological polar surface area (TPSA) is 90.6 Å². The number of para-hydroxylation sites is 1. The second-order valence-corrected chi connectivity index (χ2v) is 6.05. The number of anilines is 1. The molecule has 25 heavy (non-hydrogen) atoms. The molecule has 9 heteroatoms. The van der Waals surface area contributed by atoms with Crippen molar-refractivity contribution < 1.29 is 14.3 Å². The van der Waals surface area contributed by atoms with Crippen molar-refractivity contribution in [3.63, 3.8) is 0 Å². The summed E-state index contributed by atoms with van der Waals surface area (Å²) in [5.41, 5.74) is 6.65. The third-order valence-electron chi connectivity index (χ3n) is 3.21. The molecule has 1 aromatic heterocycles. The lowest BCUT2D eigenvalue weighted by atomic mass is 10.2. The summed E-state index contributed by atoms with van der Waals surface area (Å²) in [5, 5.41) is -0.166. The Balaban J connectivity index is 2.44. The number of nitrogens with two attached hydrogens (primary N) is 1. The van der Waals surface area contributed by atoms with Crippen molar-refractivity contribution in [2.75, 3.05) is 18.6 Å². The van der Waals surface area contributed by atoms with Gasteiger partial charge >= 0.3 is 0 Å². The number of thiocarbonyl (C=S) groups is 1. The molecule has 7 nitrogen and oxygen atoms in total. The summed E-state index contributed by atoms with van der Waals surface area (Å²) in [5.74, 6) is -0.00339. The van der Waals surface area contributed by atoms with Gasteiger partial charge in [0.25, 0.3) is 5.91 Å². The van der Waals surface area contributed by atoms with Gasteiger partial charge in [0, 0.05) is 12.8 Å². The lowest BCUT2D eigenvalue weighted by Crippen LogP contribution is -2.42. The molecule has 0 radical (unpaired) electrons. The predicted octanol–water partition coefficient (Wildman–Crippen LogP) is 2.67. The van der Waals surface area contributed by atoms with Gasteiger partial charge in [0.05, 0.1) is 29.4 Å². The summed E-state index contributed by atoms with van der Waals surface area (Å²) in [7, 11) is 1.48. The minimum atomic E-state index is -0.477. The van der Waals surface area contributed by atoms with Crippen LogP contribution < -0.4 is 15.4 Å². The number of carbonyl (C=O) groups excluding carboxylic acids is 1. The number of hydrogen-bond donors (Lipinski definition) is 1. The lowest BCUT2D eigenvalue weighted by Gasteiger charge is -2.20. The quantitative estimate of drug-likeness (QED) is 0.712. The van der Waals surface area contributed by atoms with Gasteiger partial charge in [-0.1, -0.05) is 12.1 Å². The summed E-state index contributed by atoms with van der Waals surface area (Å²) in [6.07, 6.45) is 1.53. The zero-order valence-corrected chi connectivity index (χ0v) is 16.1. The van der Waals surface area contributed by atoms with Crippen molar-refractivity contribution in [2.24, 2.45) is 5.73 Å². The van der Waals surface area contributed by atoms with Crippen LogP contribution in [0.25, 0.3) is 0 Å². The monoisotopic (exact) mass is 424 g/mol. The smallest absolute Gasteiger partial charge is 0.270 e. The zero-order valence-electron chi connectivity index (χ0n) is 13.7. The Morgan fingerprint density at radius 1 is 1.40 bits per heavy atom. The van der Waals surface area contributed by atoms with Gasteiger partial charge in [0.15, 0.2) is 5.11 Å². The molecular formula is C16H17BrN4O3S. The number of amides is 1. The molecule has 0 saturated carbocycles. The zero-order chi connectivity index (χ0) is 18.4. The number of rotatable bonds is 6. The average molecular weight is 425 g/mol. The fourth-order valence-corrected chi connectivity index (χ4v) is 2.50. The summed E-state index contributed by atoms with van der Waals surface area (Å²) in [6.45, 7) is 2.67. The normalized spacial score (nSPS) is 10.4. The Bertz CT molecular complexity index is 788. The molecule has 1 amide bonds. The van der Waals surface area contributed by atoms with Crippen molar-refractivity contribution in [3.05, 3.63) is 46.2 Å². The summed E-state index contributed by atoms with van der Waals surface area (Å²) < 4.78 is 11.3. The molecule has 0 aliphatic rings. The van der Waals surface area contributed by atoms with Gasteiger partial charge in [0.1, 0.15) is 5.75 Å². The van der Waals surface area contributed by atoms with E-state index in [9.17, 15) is 4.79 Å². The van der Waals surface area contributed by atoms with Gasteiger partial charge in [-0.25, -0.2) is 14.9 Å². The molecular weight excluding hydrogens is 408 g/mol. The number of benzene rings is 1. The summed E-state index contributed by atoms with van der Waals surface area (Å²) in [6, 6.07) is 6.77. The van der Waals surface area contributed by atoms with Crippen LogP contribution in [-0.4, -0.2) is 34.7 Å². The first-order valence-corrected chi connectivity index (χ1v) is 8.55. The van der Waals surface area contributed by atoms with Gasteiger partial charge < -0.3 is 15.2 Å². The van der Waals surface area contributed by atoms with Crippen LogP contribution in [0.2, 0.25) is 0 Å². The van der Waals surface area contributed by atoms with Gasteiger partial charge in [-0.05, 0) is 47.2 Å². The van der Waals surface area contributed by atoms with Crippen LogP contribution in [-0.2, 0) is 11.3 Å². The predicted molar refractivity (Wildman–Crippen MR) is 102 cm³/mol. The minimum absolute atomic E-state index is 0.0707. The minimum Gasteiger partial charge on any atom is -0.496 e. The molecule has 1 aromatic carbocycles. The number of halogens is 1. The maximum atomic E-state index is 12.9. The molecule has 2 rings (SSSR count). The number of carbonyl (C=O) groups is 1. The third kappa shape index (κ3) is 4.50. The van der Waals surface area contributed by atoms with E-state index in [1.165, 1.54) is 13.3 Å². The highest BCUT2D eigenvalue weighted by atomic mass is 79.9. The summed E-state index contributed by atoms with van der Waals surface area (Å²) in [4.78, 5) is 22.5. The fraction of sp³-hybridized carbons (Fsp3) is 0.250. The van der Waals surface area contributed by atoms with E-state index >= 15 is 0 Å². The van der Waals surface area contributed by atoms with Crippen LogP contribution in [0.5, 0.6) is 5.75 Å². The second kappa shape index (κ2) is 8.84. The van der Waals surface area contributed by atoms with Crippen molar-refractivity contribution in [1.82, 2.24) is 9.97 Å². The van der Waals surface area contributed by atoms with Crippen molar-refractivity contribution in [1.29, 1.82) is 0 Å². The number of methoxy groups -OCH3 is 1. The number of ether oxygens (including phenoxy) is 2. The first-order chi connectivity index (χ1) is 12.0. The molecule has 1 heterocycles. The van der Waals surface area contributed by atoms with E-state index in [0.29, 0.717) is 28.1 Å². The number of nitrogens with zero attached hydrogens (tertiary/aromatic N) is 3. The molecule has 0 atom stereocenters. The Kier molecular flexibility index (Phi) is 6.80. The molecule has 2 N–H and O–H groups in total. The van der Waals surface area contributed by atoms with E-state index in [-0.39, 0.29) is 17.7 Å². The highest BCUT2D eigenvalue weighted by Crippen LogP contribution is 2.23. The maximum Gasteiger partial charge on any atom is 0.270 e. The number of hydrogen-bond acceptors (Lipinski definition) is 6. The van der Waals surface area contributed by atoms with Gasteiger partial charge in [-0.2, -0.15) is 0 Å². The van der Waals surface area contributed by atoms with E-state index in [1.54, 1.807) is 24.3 Å². The Labute approximate surface area is 159 Å². The van der Waals surface area contributed by atoms with Crippen LogP contribution in [0.4, 0.5) is 5.95 Å². The molecule has 0 saturated heterocycles. The second-order valence-electron chi connectivity index (χ2n) is 4.78. The Hall–Kier alpha value is -2.10. The molecule has 0 aliphatic heterocycles. The molecule has 132 valence electrons. The van der Waals surface area contributed by atoms with Gasteiger partial charge in [-0.3, -0.25) is 4.79 Å². The molecule has 0 unspecified atom stereocenters. The van der Waals surface area contributed by atoms with Crippen LogP contribution in [0.3, 0.4) is 0 Å². The Morgan fingerprint density at radius 2 is 2.12 bits per heavy atom. The highest BCUT2D eigenvalue weighted by Gasteiger charge is 2.26. The van der Waals surface area contributed by atoms with E-state index in [1.807, 2.05) is 6.92 Å². The standard InChI is InChI=1S/C16H17BrN4O3S/c1-3-24-9-12-11(17)8-19-16(20-12)21(15(18)25)14(22)10-6-4-5-7-13(10)23-2/h4-8H,3,9H2,1-2H3,(H2,18,25). The lowest BCUT2D eigenvalue weighted by molar-refractivity contribution is 0.0998. The first kappa shape index (κ1) is 19.2. The van der Waals surface area contributed by atoms with Crippen LogP contribution in [0.1, 0.15) is 23.0 Å². The molecule has 0 bridgehead atoms. The average Bonchev–Trinajstić information content (AvgIpc) is 2.61.